The summed E-state index contributed by atoms with van der Waals surface area (Å²) in [5.41, 5.74) is 0.401. The molecule has 1 atom stereocenters. The summed E-state index contributed by atoms with van der Waals surface area (Å²) < 4.78 is 22.6. The maximum atomic E-state index is 15.1. The summed E-state index contributed by atoms with van der Waals surface area (Å²) in [6.45, 7) is 8.12. The lowest BCUT2D eigenvalue weighted by Crippen LogP contribution is -2.56. The van der Waals surface area contributed by atoms with Crippen molar-refractivity contribution in [3.8, 4) is 28.4 Å². The van der Waals surface area contributed by atoms with Gasteiger partial charge in [-0.05, 0) is 32.1 Å². The van der Waals surface area contributed by atoms with Crippen molar-refractivity contribution in [1.82, 2.24) is 29.4 Å². The van der Waals surface area contributed by atoms with Crippen molar-refractivity contribution in [2.45, 2.75) is 19.9 Å². The number of halogens is 2. The molecule has 0 unspecified atom stereocenters. The molecule has 1 aromatic carbocycles. The molecule has 4 aromatic rings. The summed E-state index contributed by atoms with van der Waals surface area (Å²) in [5.74, 6) is -0.954. The van der Waals surface area contributed by atoms with Gasteiger partial charge in [-0.3, -0.25) is 4.79 Å². The maximum Gasteiger partial charge on any atom is 0.355 e. The zero-order chi connectivity index (χ0) is 28.3. The Balaban J connectivity index is 1.70. The lowest BCUT2D eigenvalue weighted by Gasteiger charge is -2.40. The summed E-state index contributed by atoms with van der Waals surface area (Å²) in [6.07, 6.45) is 2.63. The highest BCUT2D eigenvalue weighted by Gasteiger charge is 2.37. The van der Waals surface area contributed by atoms with Crippen molar-refractivity contribution >= 4 is 34.4 Å². The van der Waals surface area contributed by atoms with Crippen LogP contribution in [0, 0.1) is 19.7 Å². The van der Waals surface area contributed by atoms with Gasteiger partial charge in [0.1, 0.15) is 46.4 Å². The lowest BCUT2D eigenvalue weighted by atomic mass is 10.1. The van der Waals surface area contributed by atoms with Crippen molar-refractivity contribution < 1.29 is 19.0 Å². The van der Waals surface area contributed by atoms with Crippen LogP contribution < -0.4 is 15.3 Å². The molecule has 40 heavy (non-hydrogen) atoms. The summed E-state index contributed by atoms with van der Waals surface area (Å²) in [7, 11) is 0. The third kappa shape index (κ3) is 3.86. The average Bonchev–Trinajstić information content (AvgIpc) is 3.09. The van der Waals surface area contributed by atoms with Crippen molar-refractivity contribution in [1.29, 1.82) is 0 Å². The van der Waals surface area contributed by atoms with E-state index in [2.05, 4.69) is 26.5 Å². The molecule has 2 aliphatic heterocycles. The number of amides is 1. The van der Waals surface area contributed by atoms with Gasteiger partial charge in [0.25, 0.3) is 0 Å². The van der Waals surface area contributed by atoms with E-state index in [9.17, 15) is 14.7 Å². The SMILES string of the molecule is C=CC(=O)N1CCN2c3nc(=O)n(-c4c(C)ncnc4C)c4nc(-c5c(O)cccc5F)c(Cl)c(c34)OC[C@H]2C1. The number of fused-ring (bicyclic) bond motifs is 2. The van der Waals surface area contributed by atoms with E-state index in [-0.39, 0.29) is 57.8 Å². The lowest BCUT2D eigenvalue weighted by molar-refractivity contribution is -0.126. The molecule has 1 saturated heterocycles. The first-order chi connectivity index (χ1) is 19.2. The molecule has 11 nitrogen and oxygen atoms in total. The van der Waals surface area contributed by atoms with Crippen LogP contribution in [0.5, 0.6) is 11.5 Å². The predicted molar refractivity (Wildman–Crippen MR) is 146 cm³/mol. The number of anilines is 1. The Labute approximate surface area is 232 Å². The van der Waals surface area contributed by atoms with E-state index in [1.54, 1.807) is 18.7 Å². The molecule has 204 valence electrons. The molecule has 13 heteroatoms. The van der Waals surface area contributed by atoms with Gasteiger partial charge in [-0.25, -0.2) is 28.7 Å². The fraction of sp³-hybridized carbons (Fsp3) is 0.259. The molecular formula is C27H23ClFN7O4. The molecule has 1 N–H and O–H groups in total. The number of hydrogen-bond donors (Lipinski definition) is 1. The van der Waals surface area contributed by atoms with Crippen LogP contribution in [0.2, 0.25) is 5.02 Å². The standard InChI is InChI=1S/C27H23ClFN7O4/c1-4-18(38)34-8-9-35-15(10-34)11-40-24-20-25(35)33-27(39)36(23-13(2)30-12-31-14(23)3)26(20)32-22(21(24)28)19-16(29)6-5-7-17(19)37/h4-7,12,15,37H,1,8-11H2,2-3H3/t15-/m1/s1. The summed E-state index contributed by atoms with van der Waals surface area (Å²) in [5, 5.41) is 10.9. The summed E-state index contributed by atoms with van der Waals surface area (Å²) in [4.78, 5) is 47.3. The number of carbonyl (C=O) groups is 1. The monoisotopic (exact) mass is 563 g/mol. The van der Waals surface area contributed by atoms with Gasteiger partial charge < -0.3 is 19.6 Å². The van der Waals surface area contributed by atoms with Crippen LogP contribution in [0.25, 0.3) is 28.0 Å². The van der Waals surface area contributed by atoms with Gasteiger partial charge in [-0.2, -0.15) is 4.98 Å². The third-order valence-electron chi connectivity index (χ3n) is 7.21. The van der Waals surface area contributed by atoms with Crippen molar-refractivity contribution in [2.75, 3.05) is 31.1 Å². The molecule has 1 amide bonds. The number of benzene rings is 1. The van der Waals surface area contributed by atoms with Gasteiger partial charge in [0.2, 0.25) is 5.91 Å². The quantitative estimate of drug-likeness (QED) is 0.374. The van der Waals surface area contributed by atoms with E-state index in [4.69, 9.17) is 16.3 Å². The first-order valence-corrected chi connectivity index (χ1v) is 12.8. The smallest absolute Gasteiger partial charge is 0.355 e. The molecule has 0 spiro atoms. The molecule has 0 saturated carbocycles. The first kappa shape index (κ1) is 25.7. The summed E-state index contributed by atoms with van der Waals surface area (Å²) in [6, 6.07) is 3.47. The topological polar surface area (TPSA) is 127 Å². The Bertz CT molecular complexity index is 1750. The van der Waals surface area contributed by atoms with Crippen molar-refractivity contribution in [2.24, 2.45) is 0 Å². The first-order valence-electron chi connectivity index (χ1n) is 12.4. The molecular weight excluding hydrogens is 541 g/mol. The minimum absolute atomic E-state index is 0.0576. The van der Waals surface area contributed by atoms with Gasteiger partial charge in [0.05, 0.1) is 28.7 Å². The zero-order valence-electron chi connectivity index (χ0n) is 21.6. The Hall–Kier alpha value is -4.58. The van der Waals surface area contributed by atoms with E-state index in [0.717, 1.165) is 0 Å². The molecule has 5 heterocycles. The molecule has 3 aromatic heterocycles. The third-order valence-corrected chi connectivity index (χ3v) is 7.56. The minimum Gasteiger partial charge on any atom is -0.507 e. The van der Waals surface area contributed by atoms with Gasteiger partial charge >= 0.3 is 5.69 Å². The van der Waals surface area contributed by atoms with Crippen LogP contribution in [0.15, 0.2) is 42.0 Å². The number of ether oxygens (including phenoxy) is 1. The number of nitrogens with zero attached hydrogens (tertiary/aromatic N) is 7. The molecule has 2 aliphatic rings. The number of aromatic nitrogens is 5. The molecule has 0 radical (unpaired) electrons. The van der Waals surface area contributed by atoms with Crippen molar-refractivity contribution in [3.63, 3.8) is 0 Å². The van der Waals surface area contributed by atoms with Crippen molar-refractivity contribution in [3.05, 3.63) is 69.9 Å². The summed E-state index contributed by atoms with van der Waals surface area (Å²) >= 11 is 6.84. The number of phenols is 1. The normalized spacial score (nSPS) is 16.4. The second-order valence-electron chi connectivity index (χ2n) is 9.53. The van der Waals surface area contributed by atoms with E-state index in [0.29, 0.717) is 42.1 Å². The van der Waals surface area contributed by atoms with Gasteiger partial charge in [-0.1, -0.05) is 24.2 Å². The van der Waals surface area contributed by atoms with Crippen LogP contribution in [0.4, 0.5) is 10.2 Å². The van der Waals surface area contributed by atoms with Crippen LogP contribution in [0.3, 0.4) is 0 Å². The zero-order valence-corrected chi connectivity index (χ0v) is 22.3. The van der Waals surface area contributed by atoms with Crippen LogP contribution in [0.1, 0.15) is 11.4 Å². The Kier molecular flexibility index (Phi) is 6.14. The van der Waals surface area contributed by atoms with E-state index >= 15 is 4.39 Å². The fourth-order valence-corrected chi connectivity index (χ4v) is 5.62. The number of pyridine rings is 1. The average molecular weight is 564 g/mol. The second kappa shape index (κ2) is 9.56. The molecule has 6 rings (SSSR count). The molecule has 0 bridgehead atoms. The fourth-order valence-electron chi connectivity index (χ4n) is 5.33. The maximum absolute atomic E-state index is 15.1. The van der Waals surface area contributed by atoms with E-state index < -0.39 is 11.5 Å². The van der Waals surface area contributed by atoms with Crippen LogP contribution in [-0.2, 0) is 4.79 Å². The number of carbonyl (C=O) groups excluding carboxylic acids is 1. The van der Waals surface area contributed by atoms with E-state index in [1.807, 2.05) is 4.90 Å². The second-order valence-corrected chi connectivity index (χ2v) is 9.91. The number of rotatable bonds is 3. The minimum atomic E-state index is -0.760. The number of aromatic hydroxyl groups is 1. The number of piperazine rings is 1. The Morgan fingerprint density at radius 3 is 2.67 bits per heavy atom. The highest BCUT2D eigenvalue weighted by Crippen LogP contribution is 2.46. The highest BCUT2D eigenvalue weighted by molar-refractivity contribution is 6.36. The van der Waals surface area contributed by atoms with E-state index in [1.165, 1.54) is 35.2 Å². The van der Waals surface area contributed by atoms with Gasteiger partial charge in [-0.15, -0.1) is 0 Å². The number of aryl methyl sites for hydroxylation is 2. The Morgan fingerprint density at radius 2 is 1.98 bits per heavy atom. The van der Waals surface area contributed by atoms with Crippen LogP contribution >= 0.6 is 11.6 Å². The highest BCUT2D eigenvalue weighted by atomic mass is 35.5. The number of hydrogen-bond acceptors (Lipinski definition) is 9. The van der Waals surface area contributed by atoms with Gasteiger partial charge in [0.15, 0.2) is 11.4 Å². The predicted octanol–water partition coefficient (Wildman–Crippen LogP) is 2.95. The van der Waals surface area contributed by atoms with Crippen LogP contribution in [-0.4, -0.2) is 72.7 Å². The Morgan fingerprint density at radius 1 is 1.23 bits per heavy atom. The molecule has 0 aliphatic carbocycles. The largest absolute Gasteiger partial charge is 0.507 e. The molecule has 1 fully saturated rings. The number of phenolic OH excluding ortho intramolecular Hbond substituents is 1. The van der Waals surface area contributed by atoms with Gasteiger partial charge in [0, 0.05) is 19.6 Å².